The van der Waals surface area contributed by atoms with Gasteiger partial charge in [-0.15, -0.1) is 0 Å². The Labute approximate surface area is 244 Å². The van der Waals surface area contributed by atoms with Crippen LogP contribution in [0.1, 0.15) is 22.3 Å². The third-order valence-corrected chi connectivity index (χ3v) is 9.28. The van der Waals surface area contributed by atoms with Gasteiger partial charge in [-0.25, -0.2) is 0 Å². The molecule has 0 aliphatic carbocycles. The van der Waals surface area contributed by atoms with Gasteiger partial charge in [-0.2, -0.15) is 0 Å². The molecule has 1 N–H and O–H groups in total. The maximum atomic E-state index is 4.01. The van der Waals surface area contributed by atoms with Gasteiger partial charge in [-0.1, -0.05) is 152 Å². The second-order valence-electron chi connectivity index (χ2n) is 11.3. The molecule has 0 saturated heterocycles. The predicted octanol–water partition coefficient (Wildman–Crippen LogP) is 10.7. The molecule has 0 spiro atoms. The van der Waals surface area contributed by atoms with Gasteiger partial charge in [-0.3, -0.25) is 0 Å². The molecule has 1 heteroatoms. The summed E-state index contributed by atoms with van der Waals surface area (Å²) in [6.07, 6.45) is 0. The van der Waals surface area contributed by atoms with Crippen molar-refractivity contribution in [2.24, 2.45) is 0 Å². The van der Waals surface area contributed by atoms with Crippen molar-refractivity contribution in [3.05, 3.63) is 180 Å². The van der Waals surface area contributed by atoms with E-state index < -0.39 is 5.41 Å². The SMILES string of the molecule is c1ccc(C2(c3ccccc3)c3ccccc3Nc3c2c2ccc4ccccc4c2c2ccc4ccccc4c32)cc1. The van der Waals surface area contributed by atoms with E-state index in [0.717, 1.165) is 5.69 Å². The molecular weight excluding hydrogens is 506 g/mol. The van der Waals surface area contributed by atoms with E-state index in [4.69, 9.17) is 0 Å². The van der Waals surface area contributed by atoms with Crippen LogP contribution in [0.2, 0.25) is 0 Å². The zero-order valence-electron chi connectivity index (χ0n) is 23.0. The average Bonchev–Trinajstić information content (AvgIpc) is 3.07. The van der Waals surface area contributed by atoms with Crippen molar-refractivity contribution in [1.29, 1.82) is 0 Å². The van der Waals surface area contributed by atoms with Gasteiger partial charge in [0.25, 0.3) is 0 Å². The Morgan fingerprint density at radius 3 is 1.57 bits per heavy atom. The quantitative estimate of drug-likeness (QED) is 0.218. The zero-order valence-corrected chi connectivity index (χ0v) is 23.0. The van der Waals surface area contributed by atoms with E-state index in [0.29, 0.717) is 0 Å². The summed E-state index contributed by atoms with van der Waals surface area (Å²) in [6.45, 7) is 0. The Hall–Kier alpha value is -5.40. The maximum Gasteiger partial charge on any atom is 0.0748 e. The molecule has 196 valence electrons. The lowest BCUT2D eigenvalue weighted by Gasteiger charge is -2.44. The van der Waals surface area contributed by atoms with Gasteiger partial charge in [0.2, 0.25) is 0 Å². The first-order valence-electron chi connectivity index (χ1n) is 14.6. The van der Waals surface area contributed by atoms with Crippen molar-refractivity contribution >= 4 is 54.5 Å². The standard InChI is InChI=1S/C41H27N/c1-3-15-29(16-4-1)41(30-17-5-2-6-18-30)35-21-11-12-22-36(35)42-40-38-32-20-10-8-14-28(32)23-25-33(38)37-31-19-9-7-13-27(31)24-26-34(37)39(40)41/h1-26,42H. The Morgan fingerprint density at radius 1 is 0.381 bits per heavy atom. The van der Waals surface area contributed by atoms with Gasteiger partial charge in [0.05, 0.1) is 11.1 Å². The van der Waals surface area contributed by atoms with Crippen molar-refractivity contribution in [2.75, 3.05) is 5.32 Å². The smallest absolute Gasteiger partial charge is 0.0748 e. The van der Waals surface area contributed by atoms with Crippen LogP contribution in [0, 0.1) is 0 Å². The lowest BCUT2D eigenvalue weighted by molar-refractivity contribution is 0.749. The monoisotopic (exact) mass is 533 g/mol. The van der Waals surface area contributed by atoms with Crippen LogP contribution in [0.15, 0.2) is 158 Å². The highest BCUT2D eigenvalue weighted by atomic mass is 14.9. The molecule has 0 atom stereocenters. The molecule has 0 radical (unpaired) electrons. The van der Waals surface area contributed by atoms with Gasteiger partial charge in [0.1, 0.15) is 0 Å². The zero-order chi connectivity index (χ0) is 27.7. The Bertz CT molecular complexity index is 2280. The van der Waals surface area contributed by atoms with Gasteiger partial charge < -0.3 is 5.32 Å². The molecule has 0 saturated carbocycles. The highest BCUT2D eigenvalue weighted by Gasteiger charge is 2.46. The molecule has 0 bridgehead atoms. The number of hydrogen-bond donors (Lipinski definition) is 1. The molecule has 0 amide bonds. The van der Waals surface area contributed by atoms with E-state index >= 15 is 0 Å². The Morgan fingerprint density at radius 2 is 0.905 bits per heavy atom. The third-order valence-electron chi connectivity index (χ3n) is 9.28. The van der Waals surface area contributed by atoms with E-state index in [9.17, 15) is 0 Å². The van der Waals surface area contributed by atoms with Crippen molar-refractivity contribution in [1.82, 2.24) is 0 Å². The molecule has 0 aromatic heterocycles. The van der Waals surface area contributed by atoms with Crippen LogP contribution in [-0.4, -0.2) is 0 Å². The van der Waals surface area contributed by atoms with E-state index in [1.807, 2.05) is 0 Å². The molecule has 1 nitrogen and oxygen atoms in total. The van der Waals surface area contributed by atoms with Crippen molar-refractivity contribution < 1.29 is 0 Å². The summed E-state index contributed by atoms with van der Waals surface area (Å²) in [5.41, 5.74) is 6.90. The van der Waals surface area contributed by atoms with Crippen LogP contribution < -0.4 is 5.32 Å². The second kappa shape index (κ2) is 8.80. The van der Waals surface area contributed by atoms with Crippen LogP contribution in [-0.2, 0) is 5.41 Å². The summed E-state index contributed by atoms with van der Waals surface area (Å²) in [7, 11) is 0. The van der Waals surface area contributed by atoms with E-state index in [2.05, 4.69) is 163 Å². The van der Waals surface area contributed by atoms with E-state index in [1.165, 1.54) is 71.0 Å². The van der Waals surface area contributed by atoms with Gasteiger partial charge in [-0.05, 0) is 60.5 Å². The number of rotatable bonds is 2. The fourth-order valence-electron chi connectivity index (χ4n) is 7.62. The minimum absolute atomic E-state index is 0.536. The van der Waals surface area contributed by atoms with Crippen molar-refractivity contribution in [3.8, 4) is 0 Å². The highest BCUT2D eigenvalue weighted by Crippen LogP contribution is 2.58. The van der Waals surface area contributed by atoms with Gasteiger partial charge in [0, 0.05) is 16.6 Å². The van der Waals surface area contributed by atoms with Crippen LogP contribution in [0.3, 0.4) is 0 Å². The number of para-hydroxylation sites is 1. The van der Waals surface area contributed by atoms with Crippen LogP contribution in [0.5, 0.6) is 0 Å². The first-order chi connectivity index (χ1) is 20.9. The number of nitrogens with one attached hydrogen (secondary N) is 1. The first-order valence-corrected chi connectivity index (χ1v) is 14.6. The minimum Gasteiger partial charge on any atom is -0.354 e. The molecule has 8 aromatic carbocycles. The van der Waals surface area contributed by atoms with Crippen LogP contribution >= 0.6 is 0 Å². The van der Waals surface area contributed by atoms with E-state index in [-0.39, 0.29) is 0 Å². The largest absolute Gasteiger partial charge is 0.354 e. The Kier molecular flexibility index (Phi) is 4.88. The topological polar surface area (TPSA) is 12.0 Å². The predicted molar refractivity (Wildman–Crippen MR) is 178 cm³/mol. The van der Waals surface area contributed by atoms with Crippen LogP contribution in [0.4, 0.5) is 11.4 Å². The summed E-state index contributed by atoms with van der Waals surface area (Å²) < 4.78 is 0. The molecule has 42 heavy (non-hydrogen) atoms. The molecule has 0 unspecified atom stereocenters. The van der Waals surface area contributed by atoms with Crippen molar-refractivity contribution in [2.45, 2.75) is 5.41 Å². The first kappa shape index (κ1) is 23.3. The molecule has 1 aliphatic rings. The van der Waals surface area contributed by atoms with Crippen molar-refractivity contribution in [3.63, 3.8) is 0 Å². The van der Waals surface area contributed by atoms with Gasteiger partial charge >= 0.3 is 0 Å². The summed E-state index contributed by atoms with van der Waals surface area (Å²) in [5, 5.41) is 14.2. The number of fused-ring (bicyclic) bond motifs is 11. The fourth-order valence-corrected chi connectivity index (χ4v) is 7.62. The molecule has 9 rings (SSSR count). The summed E-state index contributed by atoms with van der Waals surface area (Å²) in [4.78, 5) is 0. The lowest BCUT2D eigenvalue weighted by atomic mass is 9.61. The second-order valence-corrected chi connectivity index (χ2v) is 11.3. The Balaban J connectivity index is 1.63. The molecule has 8 aromatic rings. The maximum absolute atomic E-state index is 4.01. The molecule has 1 aliphatic heterocycles. The number of benzene rings is 8. The van der Waals surface area contributed by atoms with Gasteiger partial charge in [0.15, 0.2) is 0 Å². The number of hydrogen-bond acceptors (Lipinski definition) is 1. The summed E-state index contributed by atoms with van der Waals surface area (Å²) >= 11 is 0. The minimum atomic E-state index is -0.536. The lowest BCUT2D eigenvalue weighted by Crippen LogP contribution is -2.35. The molecule has 1 heterocycles. The molecular formula is C41H27N. The highest BCUT2D eigenvalue weighted by molar-refractivity contribution is 6.30. The molecule has 0 fully saturated rings. The number of anilines is 2. The third kappa shape index (κ3) is 3.03. The van der Waals surface area contributed by atoms with E-state index in [1.54, 1.807) is 0 Å². The fraction of sp³-hybridized carbons (Fsp3) is 0.0244. The summed E-state index contributed by atoms with van der Waals surface area (Å²) in [6, 6.07) is 58.0. The van der Waals surface area contributed by atoms with Crippen LogP contribution in [0.25, 0.3) is 43.1 Å². The summed E-state index contributed by atoms with van der Waals surface area (Å²) in [5.74, 6) is 0. The normalized spacial score (nSPS) is 13.6. The average molecular weight is 534 g/mol.